The number of ether oxygens (including phenoxy) is 2. The fourth-order valence-corrected chi connectivity index (χ4v) is 4.29. The lowest BCUT2D eigenvalue weighted by molar-refractivity contribution is -0.149. The molecule has 0 spiro atoms. The van der Waals surface area contributed by atoms with Crippen molar-refractivity contribution in [3.05, 3.63) is 53.8 Å². The SMILES string of the molecule is O=C(C[C@H]1C[C@H]2c3cc(NC(=O)Nc4ccccc4F)ccc3O[C@H]2[C@@H](CO)O1)NCC(F)(F)F. The third-order valence-electron chi connectivity index (χ3n) is 5.78. The van der Waals surface area contributed by atoms with Crippen molar-refractivity contribution in [3.8, 4) is 5.75 Å². The van der Waals surface area contributed by atoms with Gasteiger partial charge in [-0.25, -0.2) is 9.18 Å². The van der Waals surface area contributed by atoms with Gasteiger partial charge in [-0.2, -0.15) is 13.2 Å². The van der Waals surface area contributed by atoms with Crippen molar-refractivity contribution in [3.63, 3.8) is 0 Å². The van der Waals surface area contributed by atoms with Gasteiger partial charge in [0.25, 0.3) is 0 Å². The van der Waals surface area contributed by atoms with Crippen LogP contribution in [-0.4, -0.2) is 54.7 Å². The number of fused-ring (bicyclic) bond motifs is 3. The summed E-state index contributed by atoms with van der Waals surface area (Å²) in [6, 6.07) is 9.93. The number of aliphatic hydroxyl groups excluding tert-OH is 1. The molecule has 2 aliphatic heterocycles. The molecule has 0 aliphatic carbocycles. The zero-order chi connectivity index (χ0) is 25.2. The van der Waals surface area contributed by atoms with Crippen LogP contribution >= 0.6 is 0 Å². The van der Waals surface area contributed by atoms with E-state index in [0.717, 1.165) is 0 Å². The zero-order valence-corrected chi connectivity index (χ0v) is 18.3. The smallest absolute Gasteiger partial charge is 0.405 e. The van der Waals surface area contributed by atoms with Crippen LogP contribution in [0.1, 0.15) is 24.3 Å². The van der Waals surface area contributed by atoms with E-state index in [4.69, 9.17) is 9.47 Å². The van der Waals surface area contributed by atoms with Crippen LogP contribution in [0.15, 0.2) is 42.5 Å². The van der Waals surface area contributed by atoms with Crippen LogP contribution in [0.4, 0.5) is 33.7 Å². The Morgan fingerprint density at radius 1 is 1.11 bits per heavy atom. The average molecular weight is 497 g/mol. The number of alkyl halides is 3. The molecule has 4 rings (SSSR count). The van der Waals surface area contributed by atoms with Crippen LogP contribution in [0.3, 0.4) is 0 Å². The van der Waals surface area contributed by atoms with E-state index < -0.39 is 55.4 Å². The molecule has 2 aliphatic rings. The van der Waals surface area contributed by atoms with Crippen LogP contribution in [-0.2, 0) is 9.53 Å². The minimum atomic E-state index is -4.53. The number of anilines is 2. The van der Waals surface area contributed by atoms with Gasteiger partial charge in [-0.05, 0) is 36.8 Å². The first-order valence-corrected chi connectivity index (χ1v) is 10.9. The lowest BCUT2D eigenvalue weighted by Crippen LogP contribution is -2.47. The van der Waals surface area contributed by atoms with Gasteiger partial charge in [-0.1, -0.05) is 12.1 Å². The maximum absolute atomic E-state index is 13.8. The van der Waals surface area contributed by atoms with Crippen molar-refractivity contribution in [1.29, 1.82) is 0 Å². The molecule has 35 heavy (non-hydrogen) atoms. The van der Waals surface area contributed by atoms with Gasteiger partial charge < -0.3 is 30.5 Å². The predicted octanol–water partition coefficient (Wildman–Crippen LogP) is 3.53. The van der Waals surface area contributed by atoms with E-state index >= 15 is 0 Å². The predicted molar refractivity (Wildman–Crippen MR) is 117 cm³/mol. The summed E-state index contributed by atoms with van der Waals surface area (Å²) in [6.07, 6.45) is -6.67. The van der Waals surface area contributed by atoms with Gasteiger partial charge in [0.1, 0.15) is 30.3 Å². The van der Waals surface area contributed by atoms with E-state index in [-0.39, 0.29) is 24.4 Å². The number of benzene rings is 2. The Kier molecular flexibility index (Phi) is 7.13. The fraction of sp³-hybridized carbons (Fsp3) is 0.391. The molecule has 2 heterocycles. The van der Waals surface area contributed by atoms with Crippen LogP contribution in [0.5, 0.6) is 5.75 Å². The number of amides is 3. The number of hydrogen-bond donors (Lipinski definition) is 4. The Morgan fingerprint density at radius 2 is 1.89 bits per heavy atom. The second-order valence-electron chi connectivity index (χ2n) is 8.31. The standard InChI is InChI=1S/C23H23F4N3O5/c24-16-3-1-2-4-17(16)30-22(33)29-12-5-6-18-14(7-12)15-8-13(34-19(10-31)21(15)35-18)9-20(32)28-11-23(25,26)27/h1-7,13,15,19,21,31H,8-11H2,(H,28,32)(H2,29,30,33)/t13-,15+,19-,21-/m1/s1. The van der Waals surface area contributed by atoms with Gasteiger partial charge in [0.2, 0.25) is 5.91 Å². The third kappa shape index (κ3) is 6.01. The highest BCUT2D eigenvalue weighted by Gasteiger charge is 2.46. The number of halogens is 4. The molecule has 2 aromatic carbocycles. The first-order chi connectivity index (χ1) is 16.6. The number of para-hydroxylation sites is 1. The first kappa shape index (κ1) is 24.7. The highest BCUT2D eigenvalue weighted by molar-refractivity contribution is 5.99. The second-order valence-corrected chi connectivity index (χ2v) is 8.31. The fourth-order valence-electron chi connectivity index (χ4n) is 4.29. The van der Waals surface area contributed by atoms with Gasteiger partial charge >= 0.3 is 12.2 Å². The van der Waals surface area contributed by atoms with Crippen LogP contribution in [0.2, 0.25) is 0 Å². The number of carbonyl (C=O) groups is 2. The van der Waals surface area contributed by atoms with Gasteiger partial charge in [0, 0.05) is 17.2 Å². The third-order valence-corrected chi connectivity index (χ3v) is 5.78. The molecule has 0 bridgehead atoms. The van der Waals surface area contributed by atoms with E-state index in [0.29, 0.717) is 17.0 Å². The van der Waals surface area contributed by atoms with E-state index in [9.17, 15) is 32.3 Å². The van der Waals surface area contributed by atoms with Gasteiger partial charge in [-0.15, -0.1) is 0 Å². The number of urea groups is 1. The molecule has 1 saturated heterocycles. The Bertz CT molecular complexity index is 1100. The zero-order valence-electron chi connectivity index (χ0n) is 18.3. The summed E-state index contributed by atoms with van der Waals surface area (Å²) in [5, 5.41) is 16.6. The summed E-state index contributed by atoms with van der Waals surface area (Å²) < 4.78 is 62.5. The molecule has 3 amide bonds. The number of carbonyl (C=O) groups excluding carboxylic acids is 2. The van der Waals surface area contributed by atoms with Gasteiger partial charge in [0.05, 0.1) is 24.8 Å². The Morgan fingerprint density at radius 3 is 2.60 bits per heavy atom. The Hall–Kier alpha value is -3.38. The molecule has 0 radical (unpaired) electrons. The number of rotatable bonds is 6. The number of nitrogens with one attached hydrogen (secondary N) is 3. The quantitative estimate of drug-likeness (QED) is 0.457. The average Bonchev–Trinajstić information content (AvgIpc) is 3.16. The minimum absolute atomic E-state index is 0.0106. The topological polar surface area (TPSA) is 109 Å². The maximum atomic E-state index is 13.8. The summed E-state index contributed by atoms with van der Waals surface area (Å²) in [4.78, 5) is 24.3. The summed E-state index contributed by atoms with van der Waals surface area (Å²) in [6.45, 7) is -1.85. The molecule has 0 saturated carbocycles. The molecule has 4 N–H and O–H groups in total. The largest absolute Gasteiger partial charge is 0.487 e. The van der Waals surface area contributed by atoms with Crippen LogP contribution in [0, 0.1) is 5.82 Å². The van der Waals surface area contributed by atoms with Crippen molar-refractivity contribution in [2.24, 2.45) is 0 Å². The van der Waals surface area contributed by atoms with Crippen LogP contribution in [0.25, 0.3) is 0 Å². The molecule has 0 aromatic heterocycles. The van der Waals surface area contributed by atoms with Crippen molar-refractivity contribution in [2.75, 3.05) is 23.8 Å². The van der Waals surface area contributed by atoms with E-state index in [1.807, 2.05) is 5.32 Å². The molecular formula is C23H23F4N3O5. The molecular weight excluding hydrogens is 474 g/mol. The van der Waals surface area contributed by atoms with Crippen molar-refractivity contribution in [1.82, 2.24) is 5.32 Å². The number of aliphatic hydroxyl groups is 1. The lowest BCUT2D eigenvalue weighted by atomic mass is 9.84. The van der Waals surface area contributed by atoms with Crippen molar-refractivity contribution >= 4 is 23.3 Å². The van der Waals surface area contributed by atoms with Crippen molar-refractivity contribution in [2.45, 2.75) is 43.2 Å². The summed E-state index contributed by atoms with van der Waals surface area (Å²) in [5.74, 6) is -1.23. The summed E-state index contributed by atoms with van der Waals surface area (Å²) in [7, 11) is 0. The molecule has 8 nitrogen and oxygen atoms in total. The molecule has 4 atom stereocenters. The first-order valence-electron chi connectivity index (χ1n) is 10.9. The van der Waals surface area contributed by atoms with E-state index in [2.05, 4.69) is 10.6 Å². The maximum Gasteiger partial charge on any atom is 0.405 e. The molecule has 0 unspecified atom stereocenters. The van der Waals surface area contributed by atoms with Crippen molar-refractivity contribution < 1.29 is 41.7 Å². The van der Waals surface area contributed by atoms with Gasteiger partial charge in [-0.3, -0.25) is 4.79 Å². The highest BCUT2D eigenvalue weighted by Crippen LogP contribution is 2.47. The van der Waals surface area contributed by atoms with Gasteiger partial charge in [0.15, 0.2) is 0 Å². The minimum Gasteiger partial charge on any atom is -0.487 e. The van der Waals surface area contributed by atoms with E-state index in [1.54, 1.807) is 24.3 Å². The molecule has 12 heteroatoms. The summed E-state index contributed by atoms with van der Waals surface area (Å²) >= 11 is 0. The molecule has 188 valence electrons. The number of hydrogen-bond acceptors (Lipinski definition) is 5. The normalized spacial score (nSPS) is 23.0. The summed E-state index contributed by atoms with van der Waals surface area (Å²) in [5.41, 5.74) is 1.10. The molecule has 1 fully saturated rings. The van der Waals surface area contributed by atoms with E-state index in [1.165, 1.54) is 18.2 Å². The lowest BCUT2D eigenvalue weighted by Gasteiger charge is -2.37. The Labute approximate surface area is 197 Å². The second kappa shape index (κ2) is 10.1. The highest BCUT2D eigenvalue weighted by atomic mass is 19.4. The Balaban J connectivity index is 1.44. The molecule has 2 aromatic rings. The van der Waals surface area contributed by atoms with Crippen LogP contribution < -0.4 is 20.7 Å². The monoisotopic (exact) mass is 497 g/mol.